The van der Waals surface area contributed by atoms with Gasteiger partial charge in [0.2, 0.25) is 5.91 Å². The third kappa shape index (κ3) is 6.22. The predicted octanol–water partition coefficient (Wildman–Crippen LogP) is 0.620. The minimum absolute atomic E-state index is 0.00189. The highest BCUT2D eigenvalue weighted by molar-refractivity contribution is 5.78. The van der Waals surface area contributed by atoms with Crippen molar-refractivity contribution >= 4 is 11.9 Å². The molecule has 7 nitrogen and oxygen atoms in total. The molecule has 0 spiro atoms. The molecule has 0 atom stereocenters. The number of amides is 3. The van der Waals surface area contributed by atoms with E-state index < -0.39 is 0 Å². The van der Waals surface area contributed by atoms with E-state index in [2.05, 4.69) is 5.32 Å². The third-order valence-electron chi connectivity index (χ3n) is 3.90. The van der Waals surface area contributed by atoms with Crippen LogP contribution in [0.25, 0.3) is 0 Å². The zero-order chi connectivity index (χ0) is 18.2. The number of ether oxygens (including phenoxy) is 1. The molecular formula is C17H25FN4O3. The molecule has 1 aliphatic rings. The molecular weight excluding hydrogens is 327 g/mol. The van der Waals surface area contributed by atoms with Crippen molar-refractivity contribution in [3.63, 3.8) is 0 Å². The Labute approximate surface area is 147 Å². The van der Waals surface area contributed by atoms with Gasteiger partial charge in [0.25, 0.3) is 0 Å². The van der Waals surface area contributed by atoms with Crippen LogP contribution in [0.1, 0.15) is 0 Å². The van der Waals surface area contributed by atoms with E-state index in [1.807, 2.05) is 4.90 Å². The number of benzene rings is 1. The summed E-state index contributed by atoms with van der Waals surface area (Å²) in [5.74, 6) is 0.181. The predicted molar refractivity (Wildman–Crippen MR) is 92.0 cm³/mol. The molecule has 138 valence electrons. The molecule has 3 amide bonds. The van der Waals surface area contributed by atoms with Crippen LogP contribution in [-0.2, 0) is 4.79 Å². The van der Waals surface area contributed by atoms with E-state index in [-0.39, 0.29) is 17.8 Å². The molecule has 1 fully saturated rings. The van der Waals surface area contributed by atoms with Crippen molar-refractivity contribution < 1.29 is 18.7 Å². The second-order valence-corrected chi connectivity index (χ2v) is 6.09. The van der Waals surface area contributed by atoms with Gasteiger partial charge in [-0.15, -0.1) is 0 Å². The number of halogens is 1. The number of hydrogen-bond acceptors (Lipinski definition) is 4. The summed E-state index contributed by atoms with van der Waals surface area (Å²) in [7, 11) is 3.46. The Morgan fingerprint density at radius 1 is 1.16 bits per heavy atom. The average molecular weight is 352 g/mol. The Balaban J connectivity index is 1.60. The first-order valence-electron chi connectivity index (χ1n) is 8.29. The van der Waals surface area contributed by atoms with E-state index >= 15 is 0 Å². The van der Waals surface area contributed by atoms with Gasteiger partial charge in [-0.2, -0.15) is 0 Å². The number of hydrogen-bond donors (Lipinski definition) is 1. The summed E-state index contributed by atoms with van der Waals surface area (Å²) >= 11 is 0. The summed E-state index contributed by atoms with van der Waals surface area (Å²) in [5.41, 5.74) is 0. The van der Waals surface area contributed by atoms with E-state index in [1.165, 1.54) is 12.1 Å². The van der Waals surface area contributed by atoms with E-state index in [0.717, 1.165) is 0 Å². The summed E-state index contributed by atoms with van der Waals surface area (Å²) in [4.78, 5) is 29.2. The zero-order valence-electron chi connectivity index (χ0n) is 14.7. The SMILES string of the molecule is CN(C)C(=O)N1CCN(CC(=O)NCCOc2ccc(F)cc2)CC1. The lowest BCUT2D eigenvalue weighted by Crippen LogP contribution is -2.53. The first-order chi connectivity index (χ1) is 12.0. The first-order valence-corrected chi connectivity index (χ1v) is 8.29. The fourth-order valence-electron chi connectivity index (χ4n) is 2.53. The highest BCUT2D eigenvalue weighted by Crippen LogP contribution is 2.10. The van der Waals surface area contributed by atoms with Gasteiger partial charge in [0.15, 0.2) is 0 Å². The van der Waals surface area contributed by atoms with Gasteiger partial charge in [-0.1, -0.05) is 0 Å². The summed E-state index contributed by atoms with van der Waals surface area (Å²) in [5, 5.41) is 2.80. The standard InChI is InChI=1S/C17H25FN4O3/c1-20(2)17(24)22-10-8-21(9-11-22)13-16(23)19-7-12-25-15-5-3-14(18)4-6-15/h3-6H,7-13H2,1-2H3,(H,19,23). The quantitative estimate of drug-likeness (QED) is 0.763. The molecule has 0 aromatic heterocycles. The molecule has 0 aliphatic carbocycles. The Kier molecular flexibility index (Phi) is 7.00. The Morgan fingerprint density at radius 2 is 1.80 bits per heavy atom. The molecule has 0 bridgehead atoms. The number of nitrogens with one attached hydrogen (secondary N) is 1. The summed E-state index contributed by atoms with van der Waals surface area (Å²) in [6, 6.07) is 5.75. The molecule has 8 heteroatoms. The molecule has 0 radical (unpaired) electrons. The van der Waals surface area contributed by atoms with Crippen molar-refractivity contribution in [2.24, 2.45) is 0 Å². The molecule has 1 aromatic carbocycles. The average Bonchev–Trinajstić information content (AvgIpc) is 2.60. The summed E-state index contributed by atoms with van der Waals surface area (Å²) in [6.45, 7) is 3.62. The van der Waals surface area contributed by atoms with E-state index in [4.69, 9.17) is 4.74 Å². The maximum Gasteiger partial charge on any atom is 0.319 e. The maximum absolute atomic E-state index is 12.8. The van der Waals surface area contributed by atoms with Gasteiger partial charge in [0.05, 0.1) is 13.1 Å². The van der Waals surface area contributed by atoms with Crippen LogP contribution in [0.4, 0.5) is 9.18 Å². The molecule has 1 N–H and O–H groups in total. The summed E-state index contributed by atoms with van der Waals surface area (Å²) in [6.07, 6.45) is 0. The first kappa shape index (κ1) is 19.0. The van der Waals surface area contributed by atoms with Crippen molar-refractivity contribution in [2.45, 2.75) is 0 Å². The lowest BCUT2D eigenvalue weighted by Gasteiger charge is -2.35. The topological polar surface area (TPSA) is 65.1 Å². The second kappa shape index (κ2) is 9.22. The van der Waals surface area contributed by atoms with Gasteiger partial charge in [0.1, 0.15) is 18.2 Å². The van der Waals surface area contributed by atoms with Crippen LogP contribution in [0.2, 0.25) is 0 Å². The fourth-order valence-corrected chi connectivity index (χ4v) is 2.53. The van der Waals surface area contributed by atoms with Crippen molar-refractivity contribution in [2.75, 3.05) is 60.0 Å². The molecule has 2 rings (SSSR count). The smallest absolute Gasteiger partial charge is 0.319 e. The van der Waals surface area contributed by atoms with Gasteiger partial charge in [-0.3, -0.25) is 9.69 Å². The number of carbonyl (C=O) groups excluding carboxylic acids is 2. The van der Waals surface area contributed by atoms with Gasteiger partial charge in [-0.25, -0.2) is 9.18 Å². The minimum Gasteiger partial charge on any atom is -0.492 e. The van der Waals surface area contributed by atoms with Crippen LogP contribution in [0.5, 0.6) is 5.75 Å². The van der Waals surface area contributed by atoms with Crippen LogP contribution in [0.3, 0.4) is 0 Å². The Morgan fingerprint density at radius 3 is 2.40 bits per heavy atom. The van der Waals surface area contributed by atoms with Crippen LogP contribution in [-0.4, -0.2) is 86.6 Å². The lowest BCUT2D eigenvalue weighted by atomic mass is 10.3. The highest BCUT2D eigenvalue weighted by Gasteiger charge is 2.23. The number of piperazine rings is 1. The van der Waals surface area contributed by atoms with Gasteiger partial charge >= 0.3 is 6.03 Å². The van der Waals surface area contributed by atoms with Crippen molar-refractivity contribution in [1.29, 1.82) is 0 Å². The zero-order valence-corrected chi connectivity index (χ0v) is 14.7. The molecule has 0 unspecified atom stereocenters. The van der Waals surface area contributed by atoms with Gasteiger partial charge < -0.3 is 19.9 Å². The second-order valence-electron chi connectivity index (χ2n) is 6.09. The number of urea groups is 1. The lowest BCUT2D eigenvalue weighted by molar-refractivity contribution is -0.122. The van der Waals surface area contributed by atoms with Crippen LogP contribution in [0, 0.1) is 5.82 Å². The van der Waals surface area contributed by atoms with Gasteiger partial charge in [-0.05, 0) is 24.3 Å². The summed E-state index contributed by atoms with van der Waals surface area (Å²) < 4.78 is 18.2. The normalized spacial score (nSPS) is 14.9. The molecule has 1 saturated heterocycles. The maximum atomic E-state index is 12.8. The van der Waals surface area contributed by atoms with E-state index in [0.29, 0.717) is 51.6 Å². The van der Waals surface area contributed by atoms with Crippen molar-refractivity contribution in [1.82, 2.24) is 20.0 Å². The monoisotopic (exact) mass is 352 g/mol. The van der Waals surface area contributed by atoms with Gasteiger partial charge in [0, 0.05) is 40.3 Å². The molecule has 25 heavy (non-hydrogen) atoms. The van der Waals surface area contributed by atoms with Crippen LogP contribution >= 0.6 is 0 Å². The van der Waals surface area contributed by atoms with E-state index in [1.54, 1.807) is 36.0 Å². The molecule has 1 heterocycles. The minimum atomic E-state index is -0.312. The highest BCUT2D eigenvalue weighted by atomic mass is 19.1. The van der Waals surface area contributed by atoms with Crippen molar-refractivity contribution in [3.8, 4) is 5.75 Å². The Bertz CT molecular complexity index is 572. The molecule has 0 saturated carbocycles. The van der Waals surface area contributed by atoms with E-state index in [9.17, 15) is 14.0 Å². The number of nitrogens with zero attached hydrogens (tertiary/aromatic N) is 3. The number of carbonyl (C=O) groups is 2. The largest absolute Gasteiger partial charge is 0.492 e. The molecule has 1 aromatic rings. The number of rotatable bonds is 6. The molecule has 1 aliphatic heterocycles. The van der Waals surface area contributed by atoms with Crippen LogP contribution < -0.4 is 10.1 Å². The third-order valence-corrected chi connectivity index (χ3v) is 3.90. The Hall–Kier alpha value is -2.35. The van der Waals surface area contributed by atoms with Crippen molar-refractivity contribution in [3.05, 3.63) is 30.1 Å². The fraction of sp³-hybridized carbons (Fsp3) is 0.529. The van der Waals surface area contributed by atoms with Crippen LogP contribution in [0.15, 0.2) is 24.3 Å².